The van der Waals surface area contributed by atoms with Crippen molar-refractivity contribution in [1.29, 1.82) is 0 Å². The number of pyridine rings is 1. The number of carbonyl (C=O) groups excluding carboxylic acids is 1. The quantitative estimate of drug-likeness (QED) is 0.486. The molecule has 1 atom stereocenters. The van der Waals surface area contributed by atoms with E-state index in [1.165, 1.54) is 32.1 Å². The topological polar surface area (TPSA) is 83.3 Å². The van der Waals surface area contributed by atoms with Crippen LogP contribution in [0.2, 0.25) is 0 Å². The lowest BCUT2D eigenvalue weighted by atomic mass is 9.84. The van der Waals surface area contributed by atoms with E-state index in [0.29, 0.717) is 43.8 Å². The van der Waals surface area contributed by atoms with Crippen molar-refractivity contribution >= 4 is 22.6 Å². The van der Waals surface area contributed by atoms with Crippen LogP contribution < -0.4 is 5.32 Å². The van der Waals surface area contributed by atoms with Crippen LogP contribution >= 0.6 is 0 Å². The van der Waals surface area contributed by atoms with E-state index in [9.17, 15) is 9.90 Å². The Morgan fingerprint density at radius 1 is 1.14 bits per heavy atom. The van der Waals surface area contributed by atoms with Gasteiger partial charge in [0.1, 0.15) is 0 Å². The molecule has 7 nitrogen and oxygen atoms in total. The van der Waals surface area contributed by atoms with Gasteiger partial charge < -0.3 is 15.3 Å². The predicted molar refractivity (Wildman–Crippen MR) is 143 cm³/mol. The summed E-state index contributed by atoms with van der Waals surface area (Å²) >= 11 is 0. The predicted octanol–water partition coefficient (Wildman–Crippen LogP) is 5.04. The second-order valence-electron chi connectivity index (χ2n) is 10.8. The van der Waals surface area contributed by atoms with Gasteiger partial charge in [-0.05, 0) is 51.0 Å². The zero-order valence-electron chi connectivity index (χ0n) is 21.6. The molecule has 3 heterocycles. The minimum atomic E-state index is -0.779. The fraction of sp³-hybridized carbons (Fsp3) is 0.552. The Kier molecular flexibility index (Phi) is 7.28. The molecule has 3 aromatic rings. The van der Waals surface area contributed by atoms with Crippen LogP contribution in [0.1, 0.15) is 74.7 Å². The molecule has 1 aliphatic heterocycles. The molecule has 36 heavy (non-hydrogen) atoms. The Morgan fingerprint density at radius 3 is 2.56 bits per heavy atom. The van der Waals surface area contributed by atoms with Crippen LogP contribution in [-0.4, -0.2) is 55.4 Å². The van der Waals surface area contributed by atoms with Gasteiger partial charge in [-0.2, -0.15) is 5.10 Å². The maximum atomic E-state index is 13.8. The molecule has 7 heteroatoms. The molecular weight excluding hydrogens is 450 g/mol. The fourth-order valence-corrected chi connectivity index (χ4v) is 6.00. The molecule has 2 aromatic heterocycles. The average Bonchev–Trinajstić information content (AvgIpc) is 3.33. The van der Waals surface area contributed by atoms with Crippen LogP contribution in [0.3, 0.4) is 0 Å². The lowest BCUT2D eigenvalue weighted by Gasteiger charge is -2.38. The minimum absolute atomic E-state index is 0.0197. The molecule has 1 saturated carbocycles. The summed E-state index contributed by atoms with van der Waals surface area (Å²) in [6, 6.07) is 10.4. The number of hydrogen-bond acceptors (Lipinski definition) is 5. The molecule has 0 bridgehead atoms. The molecule has 1 amide bonds. The maximum Gasteiger partial charge on any atom is 0.257 e. The van der Waals surface area contributed by atoms with Crippen molar-refractivity contribution in [3.63, 3.8) is 0 Å². The standard InChI is InChI=1S/C29H39N5O2/c1-3-34-27-24(20-31-34)26(32-21(2)23-12-8-5-9-13-23)25(19-30-27)28(35)33-16-14-29(36,15-17-33)18-22-10-6-4-7-11-22/h4,6-7,10-11,19-21,23,36H,3,5,8-9,12-18H2,1-2H3,(H,30,32). The molecular formula is C29H39N5O2. The van der Waals surface area contributed by atoms with Gasteiger partial charge in [-0.25, -0.2) is 9.67 Å². The normalized spacial score (nSPS) is 19.4. The fourth-order valence-electron chi connectivity index (χ4n) is 6.00. The zero-order valence-corrected chi connectivity index (χ0v) is 21.6. The number of nitrogens with one attached hydrogen (secondary N) is 1. The van der Waals surface area contributed by atoms with Crippen molar-refractivity contribution in [1.82, 2.24) is 19.7 Å². The van der Waals surface area contributed by atoms with Gasteiger partial charge in [0.05, 0.1) is 28.4 Å². The second-order valence-corrected chi connectivity index (χ2v) is 10.8. The zero-order chi connectivity index (χ0) is 25.1. The maximum absolute atomic E-state index is 13.8. The highest BCUT2D eigenvalue weighted by Gasteiger charge is 2.35. The van der Waals surface area contributed by atoms with Crippen LogP contribution in [0.25, 0.3) is 11.0 Å². The van der Waals surface area contributed by atoms with Crippen LogP contribution in [-0.2, 0) is 13.0 Å². The summed E-state index contributed by atoms with van der Waals surface area (Å²) in [5.41, 5.74) is 2.62. The van der Waals surface area contributed by atoms with Crippen LogP contribution in [0.4, 0.5) is 5.69 Å². The number of anilines is 1. The van der Waals surface area contributed by atoms with Gasteiger partial charge in [0.2, 0.25) is 0 Å². The molecule has 1 unspecified atom stereocenters. The van der Waals surface area contributed by atoms with Crippen molar-refractivity contribution in [2.45, 2.75) is 83.4 Å². The number of rotatable bonds is 7. The molecule has 2 aliphatic rings. The molecule has 192 valence electrons. The summed E-state index contributed by atoms with van der Waals surface area (Å²) in [7, 11) is 0. The molecule has 1 aliphatic carbocycles. The number of piperidine rings is 1. The summed E-state index contributed by atoms with van der Waals surface area (Å²) in [6.45, 7) is 6.09. The van der Waals surface area contributed by atoms with Crippen LogP contribution in [0.15, 0.2) is 42.7 Å². The number of likely N-dealkylation sites (tertiary alicyclic amines) is 1. The first kappa shape index (κ1) is 24.8. The van der Waals surface area contributed by atoms with Gasteiger partial charge in [-0.1, -0.05) is 49.6 Å². The Balaban J connectivity index is 1.37. The number of carbonyl (C=O) groups is 1. The Bertz CT molecular complexity index is 1180. The van der Waals surface area contributed by atoms with E-state index in [1.54, 1.807) is 6.20 Å². The number of fused-ring (bicyclic) bond motifs is 1. The van der Waals surface area contributed by atoms with E-state index in [1.807, 2.05) is 34.0 Å². The molecule has 1 saturated heterocycles. The summed E-state index contributed by atoms with van der Waals surface area (Å²) in [4.78, 5) is 20.3. The summed E-state index contributed by atoms with van der Waals surface area (Å²) in [5.74, 6) is 0.586. The molecule has 2 N–H and O–H groups in total. The minimum Gasteiger partial charge on any atom is -0.389 e. The van der Waals surface area contributed by atoms with E-state index in [4.69, 9.17) is 0 Å². The third kappa shape index (κ3) is 5.12. The van der Waals surface area contributed by atoms with Crippen molar-refractivity contribution in [2.24, 2.45) is 5.92 Å². The van der Waals surface area contributed by atoms with Gasteiger partial charge in [0, 0.05) is 38.3 Å². The monoisotopic (exact) mass is 489 g/mol. The van der Waals surface area contributed by atoms with Crippen LogP contribution in [0.5, 0.6) is 0 Å². The molecule has 2 fully saturated rings. The van der Waals surface area contributed by atoms with E-state index in [-0.39, 0.29) is 11.9 Å². The number of amides is 1. The van der Waals surface area contributed by atoms with E-state index in [2.05, 4.69) is 41.4 Å². The number of nitrogens with zero attached hydrogens (tertiary/aromatic N) is 4. The summed E-state index contributed by atoms with van der Waals surface area (Å²) in [5, 5.41) is 20.4. The molecule has 1 aromatic carbocycles. The van der Waals surface area contributed by atoms with E-state index < -0.39 is 5.60 Å². The number of aromatic nitrogens is 3. The Morgan fingerprint density at radius 2 is 1.86 bits per heavy atom. The number of aryl methyl sites for hydroxylation is 1. The summed E-state index contributed by atoms with van der Waals surface area (Å²) in [6.07, 6.45) is 11.6. The van der Waals surface area contributed by atoms with Gasteiger partial charge >= 0.3 is 0 Å². The lowest BCUT2D eigenvalue weighted by molar-refractivity contribution is -0.0162. The van der Waals surface area contributed by atoms with E-state index >= 15 is 0 Å². The highest BCUT2D eigenvalue weighted by molar-refractivity contribution is 6.06. The van der Waals surface area contributed by atoms with Gasteiger partial charge in [-0.15, -0.1) is 0 Å². The molecule has 0 spiro atoms. The van der Waals surface area contributed by atoms with Crippen molar-refractivity contribution < 1.29 is 9.90 Å². The van der Waals surface area contributed by atoms with E-state index in [0.717, 1.165) is 28.8 Å². The van der Waals surface area contributed by atoms with Gasteiger partial charge in [0.15, 0.2) is 5.65 Å². The SMILES string of the molecule is CCn1ncc2c(NC(C)C3CCCCC3)c(C(=O)N3CCC(O)(Cc4ccccc4)CC3)cnc21. The number of aliphatic hydroxyl groups is 1. The first-order valence-corrected chi connectivity index (χ1v) is 13.6. The highest BCUT2D eigenvalue weighted by atomic mass is 16.3. The highest BCUT2D eigenvalue weighted by Crippen LogP contribution is 2.34. The first-order chi connectivity index (χ1) is 17.5. The lowest BCUT2D eigenvalue weighted by Crippen LogP contribution is -2.48. The van der Waals surface area contributed by atoms with Crippen molar-refractivity contribution in [2.75, 3.05) is 18.4 Å². The Hall–Kier alpha value is -2.93. The molecule has 5 rings (SSSR count). The van der Waals surface area contributed by atoms with Gasteiger partial charge in [-0.3, -0.25) is 4.79 Å². The number of hydrogen-bond donors (Lipinski definition) is 2. The third-order valence-electron chi connectivity index (χ3n) is 8.28. The summed E-state index contributed by atoms with van der Waals surface area (Å²) < 4.78 is 1.88. The van der Waals surface area contributed by atoms with Crippen LogP contribution in [0, 0.1) is 5.92 Å². The average molecular weight is 490 g/mol. The Labute approximate surface area is 213 Å². The van der Waals surface area contributed by atoms with Crippen molar-refractivity contribution in [3.05, 3.63) is 53.9 Å². The smallest absolute Gasteiger partial charge is 0.257 e. The largest absolute Gasteiger partial charge is 0.389 e. The number of benzene rings is 1. The third-order valence-corrected chi connectivity index (χ3v) is 8.28. The first-order valence-electron chi connectivity index (χ1n) is 13.6. The second kappa shape index (κ2) is 10.6. The molecule has 0 radical (unpaired) electrons. The van der Waals surface area contributed by atoms with Crippen molar-refractivity contribution in [3.8, 4) is 0 Å². The van der Waals surface area contributed by atoms with Gasteiger partial charge in [0.25, 0.3) is 5.91 Å².